The first-order valence-corrected chi connectivity index (χ1v) is 11.1. The van der Waals surface area contributed by atoms with Crippen molar-refractivity contribution in [1.29, 1.82) is 0 Å². The maximum atomic E-state index is 10.4. The monoisotopic (exact) mass is 408 g/mol. The molecule has 2 heterocycles. The molecule has 0 aliphatic carbocycles. The van der Waals surface area contributed by atoms with E-state index in [9.17, 15) is 5.11 Å². The minimum absolute atomic E-state index is 0.218. The molecule has 2 N–H and O–H groups in total. The molecule has 0 saturated carbocycles. The first-order chi connectivity index (χ1) is 12.9. The zero-order chi connectivity index (χ0) is 19.4. The fraction of sp³-hybridized carbons (Fsp3) is 0.579. The van der Waals surface area contributed by atoms with Crippen LogP contribution in [0.1, 0.15) is 25.0 Å². The summed E-state index contributed by atoms with van der Waals surface area (Å²) in [5.41, 5.74) is 3.51. The van der Waals surface area contributed by atoms with Crippen molar-refractivity contribution in [2.75, 3.05) is 30.7 Å². The summed E-state index contributed by atoms with van der Waals surface area (Å²) in [6, 6.07) is 6.18. The summed E-state index contributed by atoms with van der Waals surface area (Å²) in [7, 11) is 0. The quantitative estimate of drug-likeness (QED) is 0.680. The van der Waals surface area contributed by atoms with Crippen molar-refractivity contribution in [3.8, 4) is 0 Å². The number of morpholine rings is 1. The van der Waals surface area contributed by atoms with E-state index in [1.807, 2.05) is 12.1 Å². The van der Waals surface area contributed by atoms with E-state index in [0.29, 0.717) is 12.3 Å². The predicted octanol–water partition coefficient (Wildman–Crippen LogP) is 3.46. The highest BCUT2D eigenvalue weighted by molar-refractivity contribution is 8.01. The maximum absolute atomic E-state index is 10.4. The number of anilines is 2. The van der Waals surface area contributed by atoms with Crippen LogP contribution in [0.3, 0.4) is 0 Å². The van der Waals surface area contributed by atoms with Crippen molar-refractivity contribution in [2.24, 2.45) is 0 Å². The number of hydrogen-bond donors (Lipinski definition) is 2. The lowest BCUT2D eigenvalue weighted by molar-refractivity contribution is -0.0750. The Balaban J connectivity index is 1.48. The van der Waals surface area contributed by atoms with Crippen LogP contribution in [-0.2, 0) is 4.74 Å². The smallest absolute Gasteiger partial charge is 0.210 e. The summed E-state index contributed by atoms with van der Waals surface area (Å²) in [6.45, 7) is 10.8. The summed E-state index contributed by atoms with van der Waals surface area (Å²) in [5.74, 6) is 0.609. The van der Waals surface area contributed by atoms with Gasteiger partial charge in [0.05, 0.1) is 18.3 Å². The zero-order valence-corrected chi connectivity index (χ0v) is 17.9. The Hall–Kier alpha value is -1.19. The molecule has 1 aliphatic heterocycles. The van der Waals surface area contributed by atoms with Gasteiger partial charge in [0.1, 0.15) is 0 Å². The molecule has 1 aromatic carbocycles. The summed E-state index contributed by atoms with van der Waals surface area (Å²) in [4.78, 5) is 2.28. The molecular weight excluding hydrogens is 380 g/mol. The molecular formula is C19H28N4O2S2. The van der Waals surface area contributed by atoms with Gasteiger partial charge in [-0.05, 0) is 44.9 Å². The largest absolute Gasteiger partial charge is 0.391 e. The normalized spacial score (nSPS) is 22.0. The van der Waals surface area contributed by atoms with Crippen LogP contribution in [-0.4, -0.2) is 63.9 Å². The molecule has 3 unspecified atom stereocenters. The molecule has 2 aromatic rings. The number of aromatic nitrogens is 2. The molecule has 0 amide bonds. The van der Waals surface area contributed by atoms with Crippen molar-refractivity contribution in [3.05, 3.63) is 29.3 Å². The molecule has 6 nitrogen and oxygen atoms in total. The number of ether oxygens (including phenoxy) is 1. The van der Waals surface area contributed by atoms with E-state index in [4.69, 9.17) is 4.74 Å². The Kier molecular flexibility index (Phi) is 7.10. The number of nitrogens with zero attached hydrogens (tertiary/aromatic N) is 3. The van der Waals surface area contributed by atoms with Gasteiger partial charge in [-0.3, -0.25) is 4.90 Å². The SMILES string of the molecule is Cc1cccc(Nc2nnc(SCC(O)CN3CC(C)OC(C)C3)s2)c1C. The van der Waals surface area contributed by atoms with Crippen LogP contribution < -0.4 is 5.32 Å². The molecule has 27 heavy (non-hydrogen) atoms. The Morgan fingerprint density at radius 2 is 2.04 bits per heavy atom. The lowest BCUT2D eigenvalue weighted by atomic mass is 10.1. The molecule has 8 heteroatoms. The third kappa shape index (κ3) is 5.89. The van der Waals surface area contributed by atoms with Gasteiger partial charge in [0.2, 0.25) is 5.13 Å². The van der Waals surface area contributed by atoms with Gasteiger partial charge in [0.25, 0.3) is 0 Å². The molecule has 3 rings (SSSR count). The van der Waals surface area contributed by atoms with Gasteiger partial charge in [-0.25, -0.2) is 0 Å². The van der Waals surface area contributed by atoms with Crippen LogP contribution in [0.2, 0.25) is 0 Å². The van der Waals surface area contributed by atoms with Crippen LogP contribution in [0.5, 0.6) is 0 Å². The van der Waals surface area contributed by atoms with Gasteiger partial charge < -0.3 is 15.2 Å². The van der Waals surface area contributed by atoms with Crippen molar-refractivity contribution in [2.45, 2.75) is 50.3 Å². The van der Waals surface area contributed by atoms with E-state index in [2.05, 4.69) is 54.2 Å². The Labute approximate surface area is 169 Å². The second-order valence-electron chi connectivity index (χ2n) is 7.19. The molecule has 0 radical (unpaired) electrons. The van der Waals surface area contributed by atoms with Crippen LogP contribution in [0.4, 0.5) is 10.8 Å². The Morgan fingerprint density at radius 1 is 1.30 bits per heavy atom. The number of β-amino-alcohol motifs (C(OH)–C–C–N with tert-alkyl or cyclic N) is 1. The van der Waals surface area contributed by atoms with Crippen LogP contribution in [0, 0.1) is 13.8 Å². The zero-order valence-electron chi connectivity index (χ0n) is 16.3. The summed E-state index contributed by atoms with van der Waals surface area (Å²) < 4.78 is 6.61. The number of hydrogen-bond acceptors (Lipinski definition) is 8. The number of benzene rings is 1. The average Bonchev–Trinajstić information content (AvgIpc) is 3.04. The Bertz CT molecular complexity index is 745. The fourth-order valence-electron chi connectivity index (χ4n) is 3.27. The van der Waals surface area contributed by atoms with Crippen LogP contribution >= 0.6 is 23.1 Å². The molecule has 0 spiro atoms. The summed E-state index contributed by atoms with van der Waals surface area (Å²) in [5, 5.41) is 23.0. The van der Waals surface area contributed by atoms with Gasteiger partial charge in [0.15, 0.2) is 4.34 Å². The van der Waals surface area contributed by atoms with Gasteiger partial charge in [-0.2, -0.15) is 0 Å². The van der Waals surface area contributed by atoms with E-state index in [-0.39, 0.29) is 12.2 Å². The first-order valence-electron chi connectivity index (χ1n) is 9.26. The number of thioether (sulfide) groups is 1. The number of aryl methyl sites for hydroxylation is 1. The highest BCUT2D eigenvalue weighted by atomic mass is 32.2. The van der Waals surface area contributed by atoms with Crippen LogP contribution in [0.15, 0.2) is 22.5 Å². The first kappa shape index (κ1) is 20.5. The lowest BCUT2D eigenvalue weighted by Crippen LogP contribution is -2.48. The van der Waals surface area contributed by atoms with E-state index in [0.717, 1.165) is 28.2 Å². The van der Waals surface area contributed by atoms with Gasteiger partial charge in [-0.1, -0.05) is 35.2 Å². The number of aliphatic hydroxyl groups is 1. The van der Waals surface area contributed by atoms with Crippen molar-refractivity contribution in [1.82, 2.24) is 15.1 Å². The second kappa shape index (κ2) is 9.34. The molecule has 1 saturated heterocycles. The highest BCUT2D eigenvalue weighted by Gasteiger charge is 2.24. The fourth-order valence-corrected chi connectivity index (χ4v) is 4.98. The Morgan fingerprint density at radius 3 is 2.78 bits per heavy atom. The standard InChI is InChI=1S/C19H28N4O2S2/c1-12-6-5-7-17(15(12)4)20-18-21-22-19(27-18)26-11-16(24)10-23-8-13(2)25-14(3)9-23/h5-7,13-14,16,24H,8-11H2,1-4H3,(H,20,21). The summed E-state index contributed by atoms with van der Waals surface area (Å²) in [6.07, 6.45) is 0.0396. The van der Waals surface area contributed by atoms with Crippen LogP contribution in [0.25, 0.3) is 0 Å². The number of nitrogens with one attached hydrogen (secondary N) is 1. The lowest BCUT2D eigenvalue weighted by Gasteiger charge is -2.36. The van der Waals surface area contributed by atoms with Gasteiger partial charge in [-0.15, -0.1) is 10.2 Å². The van der Waals surface area contributed by atoms with Crippen molar-refractivity contribution in [3.63, 3.8) is 0 Å². The van der Waals surface area contributed by atoms with Gasteiger partial charge >= 0.3 is 0 Å². The molecule has 1 fully saturated rings. The predicted molar refractivity (Wildman–Crippen MR) is 112 cm³/mol. The van der Waals surface area contributed by atoms with Crippen molar-refractivity contribution >= 4 is 33.9 Å². The van der Waals surface area contributed by atoms with E-state index < -0.39 is 6.10 Å². The number of rotatable bonds is 7. The molecule has 0 bridgehead atoms. The maximum Gasteiger partial charge on any atom is 0.210 e. The molecule has 3 atom stereocenters. The third-order valence-corrected chi connectivity index (χ3v) is 6.73. The minimum Gasteiger partial charge on any atom is -0.391 e. The average molecular weight is 409 g/mol. The molecule has 1 aromatic heterocycles. The van der Waals surface area contributed by atoms with Gasteiger partial charge in [0, 0.05) is 31.1 Å². The van der Waals surface area contributed by atoms with E-state index in [1.165, 1.54) is 22.5 Å². The van der Waals surface area contributed by atoms with Crippen molar-refractivity contribution < 1.29 is 9.84 Å². The van der Waals surface area contributed by atoms with E-state index in [1.54, 1.807) is 11.8 Å². The molecule has 148 valence electrons. The minimum atomic E-state index is -0.396. The van der Waals surface area contributed by atoms with E-state index >= 15 is 0 Å². The number of aliphatic hydroxyl groups excluding tert-OH is 1. The molecule has 1 aliphatic rings. The highest BCUT2D eigenvalue weighted by Crippen LogP contribution is 2.29. The third-order valence-electron chi connectivity index (χ3n) is 4.62. The topological polar surface area (TPSA) is 70.5 Å². The second-order valence-corrected chi connectivity index (χ2v) is 9.43. The summed E-state index contributed by atoms with van der Waals surface area (Å²) >= 11 is 3.07.